The van der Waals surface area contributed by atoms with Crippen LogP contribution >= 0.6 is 0 Å². The molecular formula is C11H22N2O2S. The summed E-state index contributed by atoms with van der Waals surface area (Å²) < 4.78 is 23.0. The van der Waals surface area contributed by atoms with Gasteiger partial charge in [0, 0.05) is 24.7 Å². The zero-order valence-corrected chi connectivity index (χ0v) is 11.0. The molecule has 0 saturated carbocycles. The van der Waals surface area contributed by atoms with Crippen LogP contribution in [0.4, 0.5) is 0 Å². The molecule has 3 atom stereocenters. The molecule has 2 saturated heterocycles. The van der Waals surface area contributed by atoms with Gasteiger partial charge in [-0.15, -0.1) is 0 Å². The highest BCUT2D eigenvalue weighted by molar-refractivity contribution is 7.91. The second-order valence-corrected chi connectivity index (χ2v) is 7.57. The van der Waals surface area contributed by atoms with Crippen LogP contribution in [0.15, 0.2) is 0 Å². The van der Waals surface area contributed by atoms with Gasteiger partial charge in [-0.3, -0.25) is 0 Å². The molecule has 4 nitrogen and oxygen atoms in total. The molecular weight excluding hydrogens is 224 g/mol. The van der Waals surface area contributed by atoms with E-state index in [1.54, 1.807) is 0 Å². The van der Waals surface area contributed by atoms with Crippen LogP contribution < -0.4 is 5.32 Å². The van der Waals surface area contributed by atoms with Crippen LogP contribution in [0.2, 0.25) is 0 Å². The van der Waals surface area contributed by atoms with Crippen LogP contribution in [0.5, 0.6) is 0 Å². The monoisotopic (exact) mass is 246 g/mol. The highest BCUT2D eigenvalue weighted by atomic mass is 32.2. The number of hydrogen-bond acceptors (Lipinski definition) is 4. The maximum Gasteiger partial charge on any atom is 0.151 e. The number of likely N-dealkylation sites (N-methyl/N-ethyl adjacent to an activating group) is 1. The molecule has 0 spiro atoms. The molecule has 0 aromatic rings. The van der Waals surface area contributed by atoms with Crippen molar-refractivity contribution in [1.29, 1.82) is 0 Å². The number of nitrogens with zero attached hydrogens (tertiary/aromatic N) is 1. The molecule has 0 aromatic carbocycles. The first-order valence-corrected chi connectivity index (χ1v) is 7.95. The number of nitrogens with one attached hydrogen (secondary N) is 1. The summed E-state index contributed by atoms with van der Waals surface area (Å²) in [6.45, 7) is 3.26. The molecule has 0 aromatic heterocycles. The molecule has 16 heavy (non-hydrogen) atoms. The van der Waals surface area contributed by atoms with Crippen molar-refractivity contribution in [1.82, 2.24) is 10.2 Å². The molecule has 3 unspecified atom stereocenters. The largest absolute Gasteiger partial charge is 0.309 e. The number of rotatable bonds is 2. The molecule has 2 fully saturated rings. The number of sulfone groups is 1. The lowest BCUT2D eigenvalue weighted by Gasteiger charge is -2.26. The highest BCUT2D eigenvalue weighted by Gasteiger charge is 2.31. The quantitative estimate of drug-likeness (QED) is 0.758. The van der Waals surface area contributed by atoms with Gasteiger partial charge in [0.05, 0.1) is 11.5 Å². The summed E-state index contributed by atoms with van der Waals surface area (Å²) >= 11 is 0. The van der Waals surface area contributed by atoms with Gasteiger partial charge in [0.25, 0.3) is 0 Å². The third-order valence-electron chi connectivity index (χ3n) is 3.82. The minimum Gasteiger partial charge on any atom is -0.309 e. The maximum absolute atomic E-state index is 11.5. The van der Waals surface area contributed by atoms with Crippen LogP contribution in [0, 0.1) is 0 Å². The van der Waals surface area contributed by atoms with Crippen LogP contribution in [0.3, 0.4) is 0 Å². The van der Waals surface area contributed by atoms with Crippen molar-refractivity contribution in [3.8, 4) is 0 Å². The first-order valence-electron chi connectivity index (χ1n) is 6.13. The Morgan fingerprint density at radius 2 is 2.06 bits per heavy atom. The lowest BCUT2D eigenvalue weighted by Crippen LogP contribution is -2.46. The van der Waals surface area contributed by atoms with Crippen molar-refractivity contribution in [2.24, 2.45) is 0 Å². The normalized spacial score (nSPS) is 40.0. The van der Waals surface area contributed by atoms with Gasteiger partial charge in [-0.1, -0.05) is 0 Å². The summed E-state index contributed by atoms with van der Waals surface area (Å²) in [5, 5.41) is 3.51. The molecule has 5 heteroatoms. The van der Waals surface area contributed by atoms with Gasteiger partial charge in [-0.25, -0.2) is 8.42 Å². The summed E-state index contributed by atoms with van der Waals surface area (Å²) in [5.41, 5.74) is 0. The zero-order valence-electron chi connectivity index (χ0n) is 10.1. The fraction of sp³-hybridized carbons (Fsp3) is 1.00. The number of likely N-dealkylation sites (tertiary alicyclic amines) is 1. The molecule has 2 aliphatic rings. The first-order chi connectivity index (χ1) is 7.46. The summed E-state index contributed by atoms with van der Waals surface area (Å²) in [7, 11) is -0.648. The molecule has 0 radical (unpaired) electrons. The lowest BCUT2D eigenvalue weighted by atomic mass is 10.1. The lowest BCUT2D eigenvalue weighted by molar-refractivity contribution is 0.324. The molecule has 1 N–H and O–H groups in total. The standard InChI is InChI=1S/C11H22N2O2S/c1-9-6-11(7-13(9)2)12-10-4-3-5-16(14,15)8-10/h9-12H,3-8H2,1-2H3. The Morgan fingerprint density at radius 1 is 1.31 bits per heavy atom. The Kier molecular flexibility index (Phi) is 3.56. The molecule has 2 rings (SSSR count). The van der Waals surface area contributed by atoms with Crippen molar-refractivity contribution in [2.75, 3.05) is 25.1 Å². The van der Waals surface area contributed by atoms with Crippen LogP contribution in [-0.4, -0.2) is 56.5 Å². The van der Waals surface area contributed by atoms with Gasteiger partial charge in [0.15, 0.2) is 9.84 Å². The predicted molar refractivity (Wildman–Crippen MR) is 65.3 cm³/mol. The second kappa shape index (κ2) is 4.63. The second-order valence-electron chi connectivity index (χ2n) is 5.34. The topological polar surface area (TPSA) is 49.4 Å². The highest BCUT2D eigenvalue weighted by Crippen LogP contribution is 2.18. The smallest absolute Gasteiger partial charge is 0.151 e. The van der Waals surface area contributed by atoms with E-state index in [0.29, 0.717) is 23.6 Å². The Morgan fingerprint density at radius 3 is 2.62 bits per heavy atom. The molecule has 0 aliphatic carbocycles. The van der Waals surface area contributed by atoms with Gasteiger partial charge in [0.1, 0.15) is 0 Å². The fourth-order valence-corrected chi connectivity index (χ4v) is 4.45. The van der Waals surface area contributed by atoms with Crippen molar-refractivity contribution < 1.29 is 8.42 Å². The van der Waals surface area contributed by atoms with Gasteiger partial charge < -0.3 is 10.2 Å². The van der Waals surface area contributed by atoms with E-state index in [1.807, 2.05) is 0 Å². The van der Waals surface area contributed by atoms with E-state index < -0.39 is 9.84 Å². The summed E-state index contributed by atoms with van der Waals surface area (Å²) in [6.07, 6.45) is 2.96. The van der Waals surface area contributed by atoms with E-state index in [4.69, 9.17) is 0 Å². The van der Waals surface area contributed by atoms with Crippen LogP contribution in [0.25, 0.3) is 0 Å². The van der Waals surface area contributed by atoms with Gasteiger partial charge >= 0.3 is 0 Å². The summed E-state index contributed by atoms with van der Waals surface area (Å²) in [6, 6.07) is 1.26. The van der Waals surface area contributed by atoms with E-state index in [1.165, 1.54) is 0 Å². The van der Waals surface area contributed by atoms with E-state index in [0.717, 1.165) is 25.8 Å². The third-order valence-corrected chi connectivity index (χ3v) is 5.64. The van der Waals surface area contributed by atoms with Crippen molar-refractivity contribution in [3.05, 3.63) is 0 Å². The molecule has 2 aliphatic heterocycles. The SMILES string of the molecule is CC1CC(NC2CCCS(=O)(=O)C2)CN1C. The van der Waals surface area contributed by atoms with Crippen LogP contribution in [0.1, 0.15) is 26.2 Å². The first kappa shape index (κ1) is 12.3. The third kappa shape index (κ3) is 2.96. The molecule has 94 valence electrons. The number of hydrogen-bond donors (Lipinski definition) is 1. The zero-order chi connectivity index (χ0) is 11.8. The minimum absolute atomic E-state index is 0.183. The Bertz CT molecular complexity index is 332. The van der Waals surface area contributed by atoms with E-state index in [2.05, 4.69) is 24.2 Å². The summed E-state index contributed by atoms with van der Waals surface area (Å²) in [4.78, 5) is 2.33. The van der Waals surface area contributed by atoms with E-state index in [9.17, 15) is 8.42 Å². The van der Waals surface area contributed by atoms with Crippen molar-refractivity contribution >= 4 is 9.84 Å². The maximum atomic E-state index is 11.5. The van der Waals surface area contributed by atoms with Gasteiger partial charge in [-0.05, 0) is 33.2 Å². The molecule has 0 bridgehead atoms. The average molecular weight is 246 g/mol. The van der Waals surface area contributed by atoms with E-state index in [-0.39, 0.29) is 6.04 Å². The fourth-order valence-electron chi connectivity index (χ4n) is 2.80. The van der Waals surface area contributed by atoms with Gasteiger partial charge in [-0.2, -0.15) is 0 Å². The Labute approximate surface area is 98.3 Å². The van der Waals surface area contributed by atoms with E-state index >= 15 is 0 Å². The average Bonchev–Trinajstić information content (AvgIpc) is 2.43. The molecule has 2 heterocycles. The Balaban J connectivity index is 1.86. The summed E-state index contributed by atoms with van der Waals surface area (Å²) in [5.74, 6) is 0.716. The van der Waals surface area contributed by atoms with Crippen molar-refractivity contribution in [3.63, 3.8) is 0 Å². The van der Waals surface area contributed by atoms with Crippen molar-refractivity contribution in [2.45, 2.75) is 44.3 Å². The van der Waals surface area contributed by atoms with Gasteiger partial charge in [0.2, 0.25) is 0 Å². The predicted octanol–water partition coefficient (Wildman–Crippen LogP) is 0.246. The molecule has 0 amide bonds. The van der Waals surface area contributed by atoms with Crippen LogP contribution in [-0.2, 0) is 9.84 Å². The minimum atomic E-state index is -2.78. The Hall–Kier alpha value is -0.130.